The first-order valence-electron chi connectivity index (χ1n) is 9.93. The summed E-state index contributed by atoms with van der Waals surface area (Å²) in [5.41, 5.74) is 2.23. The van der Waals surface area contributed by atoms with Gasteiger partial charge in [0.05, 0.1) is 18.5 Å². The van der Waals surface area contributed by atoms with Gasteiger partial charge in [-0.25, -0.2) is 8.42 Å². The zero-order chi connectivity index (χ0) is 21.9. The quantitative estimate of drug-likeness (QED) is 0.727. The van der Waals surface area contributed by atoms with E-state index in [0.29, 0.717) is 30.2 Å². The molecule has 3 rings (SSSR count). The maximum absolute atomic E-state index is 13.0. The Morgan fingerprint density at radius 2 is 1.90 bits per heavy atom. The van der Waals surface area contributed by atoms with Crippen LogP contribution >= 0.6 is 0 Å². The Bertz CT molecular complexity index is 1020. The summed E-state index contributed by atoms with van der Waals surface area (Å²) < 4.78 is 38.1. The van der Waals surface area contributed by atoms with Gasteiger partial charge in [-0.15, -0.1) is 0 Å². The first-order valence-corrected chi connectivity index (χ1v) is 11.8. The molecule has 1 aliphatic heterocycles. The molecule has 1 heterocycles. The Hall–Kier alpha value is -2.74. The minimum atomic E-state index is -3.68. The van der Waals surface area contributed by atoms with Crippen molar-refractivity contribution in [1.29, 1.82) is 0 Å². The highest BCUT2D eigenvalue weighted by Crippen LogP contribution is 2.31. The van der Waals surface area contributed by atoms with E-state index in [1.165, 1.54) is 4.31 Å². The number of amides is 1. The van der Waals surface area contributed by atoms with Crippen LogP contribution < -0.4 is 19.1 Å². The number of rotatable bonds is 7. The van der Waals surface area contributed by atoms with Gasteiger partial charge in [-0.2, -0.15) is 0 Å². The molecule has 0 radical (unpaired) electrons. The van der Waals surface area contributed by atoms with Gasteiger partial charge in [-0.3, -0.25) is 9.10 Å². The molecule has 30 heavy (non-hydrogen) atoms. The van der Waals surface area contributed by atoms with Crippen molar-refractivity contribution in [3.63, 3.8) is 0 Å². The van der Waals surface area contributed by atoms with E-state index in [9.17, 15) is 13.2 Å². The minimum Gasteiger partial charge on any atom is -0.486 e. The molecule has 162 valence electrons. The fourth-order valence-electron chi connectivity index (χ4n) is 3.49. The zero-order valence-corrected chi connectivity index (χ0v) is 18.5. The van der Waals surface area contributed by atoms with E-state index in [2.05, 4.69) is 5.32 Å². The number of nitrogens with one attached hydrogen (secondary N) is 1. The van der Waals surface area contributed by atoms with E-state index in [1.807, 2.05) is 50.2 Å². The van der Waals surface area contributed by atoms with Crippen LogP contribution in [0.2, 0.25) is 0 Å². The van der Waals surface area contributed by atoms with Crippen LogP contribution in [-0.2, 0) is 14.8 Å². The third-order valence-electron chi connectivity index (χ3n) is 5.00. The SMILES string of the molecule is CC[C@@H](C(=O)NC[C@H]1COc2ccccc2O1)N(c1cc(C)ccc1C)S(C)(=O)=O. The predicted molar refractivity (Wildman–Crippen MR) is 117 cm³/mol. The Kier molecular flexibility index (Phi) is 6.55. The summed E-state index contributed by atoms with van der Waals surface area (Å²) in [4.78, 5) is 13.0. The molecule has 0 fully saturated rings. The number of hydrogen-bond acceptors (Lipinski definition) is 5. The largest absolute Gasteiger partial charge is 0.486 e. The van der Waals surface area contributed by atoms with Gasteiger partial charge < -0.3 is 14.8 Å². The fraction of sp³-hybridized carbons (Fsp3) is 0.409. The van der Waals surface area contributed by atoms with Gasteiger partial charge in [0.1, 0.15) is 18.8 Å². The second-order valence-electron chi connectivity index (χ2n) is 7.52. The van der Waals surface area contributed by atoms with Gasteiger partial charge >= 0.3 is 0 Å². The van der Waals surface area contributed by atoms with Gasteiger partial charge in [0.15, 0.2) is 11.5 Å². The van der Waals surface area contributed by atoms with E-state index in [0.717, 1.165) is 17.4 Å². The van der Waals surface area contributed by atoms with Crippen molar-refractivity contribution in [2.75, 3.05) is 23.7 Å². The molecule has 7 nitrogen and oxygen atoms in total. The summed E-state index contributed by atoms with van der Waals surface area (Å²) >= 11 is 0. The minimum absolute atomic E-state index is 0.216. The molecule has 8 heteroatoms. The van der Waals surface area contributed by atoms with Crippen LogP contribution in [0.15, 0.2) is 42.5 Å². The van der Waals surface area contributed by atoms with Gasteiger partial charge in [0, 0.05) is 0 Å². The molecule has 2 aromatic rings. The van der Waals surface area contributed by atoms with Crippen molar-refractivity contribution in [3.05, 3.63) is 53.6 Å². The lowest BCUT2D eigenvalue weighted by molar-refractivity contribution is -0.122. The van der Waals surface area contributed by atoms with Crippen LogP contribution in [0.4, 0.5) is 5.69 Å². The molecule has 0 unspecified atom stereocenters. The number of carbonyl (C=O) groups is 1. The highest BCUT2D eigenvalue weighted by molar-refractivity contribution is 7.92. The smallest absolute Gasteiger partial charge is 0.244 e. The van der Waals surface area contributed by atoms with Crippen molar-refractivity contribution in [1.82, 2.24) is 5.32 Å². The first kappa shape index (κ1) is 22.0. The van der Waals surface area contributed by atoms with Crippen LogP contribution in [0, 0.1) is 13.8 Å². The molecule has 1 N–H and O–H groups in total. The molecule has 2 aromatic carbocycles. The second-order valence-corrected chi connectivity index (χ2v) is 9.37. The number of hydrogen-bond donors (Lipinski definition) is 1. The summed E-state index contributed by atoms with van der Waals surface area (Å²) in [6.45, 7) is 6.05. The van der Waals surface area contributed by atoms with Crippen LogP contribution in [0.1, 0.15) is 24.5 Å². The third-order valence-corrected chi connectivity index (χ3v) is 6.17. The molecule has 0 aliphatic carbocycles. The lowest BCUT2D eigenvalue weighted by Gasteiger charge is -2.32. The third kappa shape index (κ3) is 4.87. The van der Waals surface area contributed by atoms with Crippen molar-refractivity contribution in [2.24, 2.45) is 0 Å². The summed E-state index contributed by atoms with van der Waals surface area (Å²) in [5, 5.41) is 2.84. The predicted octanol–water partition coefficient (Wildman–Crippen LogP) is 2.80. The number of nitrogens with zero attached hydrogens (tertiary/aromatic N) is 1. The Morgan fingerprint density at radius 3 is 2.57 bits per heavy atom. The van der Waals surface area contributed by atoms with Crippen LogP contribution in [0.3, 0.4) is 0 Å². The topological polar surface area (TPSA) is 84.9 Å². The summed E-state index contributed by atoms with van der Waals surface area (Å²) in [6, 6.07) is 12.1. The standard InChI is InChI=1S/C22H28N2O5S/c1-5-18(24(30(4,26)27)19-12-15(2)10-11-16(19)3)22(25)23-13-17-14-28-20-8-6-7-9-21(20)29-17/h6-12,17-18H,5,13-14H2,1-4H3,(H,23,25)/t17-,18-/m0/s1. The number of sulfonamides is 1. The summed E-state index contributed by atoms with van der Waals surface area (Å²) in [6.07, 6.45) is 1.10. The molecule has 0 spiro atoms. The van der Waals surface area contributed by atoms with E-state index in [4.69, 9.17) is 9.47 Å². The number of benzene rings is 2. The van der Waals surface area contributed by atoms with E-state index >= 15 is 0 Å². The molecule has 2 atom stereocenters. The van der Waals surface area contributed by atoms with Crippen molar-refractivity contribution < 1.29 is 22.7 Å². The molecule has 1 amide bonds. The van der Waals surface area contributed by atoms with E-state index in [-0.39, 0.29) is 18.6 Å². The number of para-hydroxylation sites is 2. The number of ether oxygens (including phenoxy) is 2. The molecule has 0 aromatic heterocycles. The van der Waals surface area contributed by atoms with Gasteiger partial charge in [-0.1, -0.05) is 31.2 Å². The van der Waals surface area contributed by atoms with Crippen molar-refractivity contribution in [3.8, 4) is 11.5 Å². The Labute approximate surface area is 178 Å². The Morgan fingerprint density at radius 1 is 1.20 bits per heavy atom. The average Bonchev–Trinajstić information content (AvgIpc) is 2.71. The molecule has 1 aliphatic rings. The summed E-state index contributed by atoms with van der Waals surface area (Å²) in [5.74, 6) is 0.930. The number of aryl methyl sites for hydroxylation is 2. The number of anilines is 1. The maximum atomic E-state index is 13.0. The Balaban J connectivity index is 1.76. The first-order chi connectivity index (χ1) is 14.2. The van der Waals surface area contributed by atoms with E-state index in [1.54, 1.807) is 13.0 Å². The number of fused-ring (bicyclic) bond motifs is 1. The zero-order valence-electron chi connectivity index (χ0n) is 17.7. The van der Waals surface area contributed by atoms with Crippen LogP contribution in [-0.4, -0.2) is 45.9 Å². The van der Waals surface area contributed by atoms with Gasteiger partial charge in [0.25, 0.3) is 0 Å². The normalized spacial score (nSPS) is 16.6. The molecule has 0 bridgehead atoms. The number of carbonyl (C=O) groups excluding carboxylic acids is 1. The lowest BCUT2D eigenvalue weighted by atomic mass is 10.1. The highest BCUT2D eigenvalue weighted by Gasteiger charge is 2.33. The molecule has 0 saturated carbocycles. The van der Waals surface area contributed by atoms with E-state index < -0.39 is 16.1 Å². The van der Waals surface area contributed by atoms with Crippen LogP contribution in [0.5, 0.6) is 11.5 Å². The van der Waals surface area contributed by atoms with Gasteiger partial charge in [-0.05, 0) is 49.6 Å². The molecular weight excluding hydrogens is 404 g/mol. The van der Waals surface area contributed by atoms with Crippen molar-refractivity contribution in [2.45, 2.75) is 39.3 Å². The average molecular weight is 433 g/mol. The van der Waals surface area contributed by atoms with Crippen LogP contribution in [0.25, 0.3) is 0 Å². The maximum Gasteiger partial charge on any atom is 0.244 e. The monoisotopic (exact) mass is 432 g/mol. The van der Waals surface area contributed by atoms with Crippen molar-refractivity contribution >= 4 is 21.6 Å². The lowest BCUT2D eigenvalue weighted by Crippen LogP contribution is -2.51. The second kappa shape index (κ2) is 8.95. The highest BCUT2D eigenvalue weighted by atomic mass is 32.2. The fourth-order valence-corrected chi connectivity index (χ4v) is 4.75. The molecule has 0 saturated heterocycles. The van der Waals surface area contributed by atoms with Gasteiger partial charge in [0.2, 0.25) is 15.9 Å². The summed E-state index contributed by atoms with van der Waals surface area (Å²) in [7, 11) is -3.68. The molecular formula is C22H28N2O5S.